The topological polar surface area (TPSA) is 555 Å². The third-order valence-electron chi connectivity index (χ3n) is 15.3. The highest BCUT2D eigenvalue weighted by atomic mass is 16.7. The SMILES string of the molecule is O=C(OC1COC(=O)c2cc(O)c(O)c(O)c2-c2c(cc(O)c(O)c2O)C(=O)OC1C1OC(=O)c2cc(O)c(O)c(O)c2-c2c(O)c(O)c(O)c3c2C(=O)OC1C3c1cc(OC2OC(CO)C(O)C(O)C2O)c2ccccc2c1O)c1cc(O)c(O)c(O)c1. The number of aliphatic hydroxyl groups is 4. The normalized spacial score (nSPS) is 23.1. The van der Waals surface area contributed by atoms with Crippen LogP contribution in [0.1, 0.15) is 68.8 Å². The first-order chi connectivity index (χ1) is 42.1. The molecule has 4 aliphatic heterocycles. The molecule has 11 rings (SSSR count). The fourth-order valence-electron chi connectivity index (χ4n) is 11.0. The maximum absolute atomic E-state index is 15.4. The van der Waals surface area contributed by atoms with Gasteiger partial charge in [-0.05, 0) is 36.4 Å². The predicted octanol–water partition coefficient (Wildman–Crippen LogP) is 1.47. The van der Waals surface area contributed by atoms with Crippen molar-refractivity contribution in [3.63, 3.8) is 0 Å². The zero-order valence-corrected chi connectivity index (χ0v) is 44.3. The molecule has 1 saturated heterocycles. The number of phenols is 16. The molecule has 10 unspecified atom stereocenters. The highest BCUT2D eigenvalue weighted by molar-refractivity contribution is 6.12. The van der Waals surface area contributed by atoms with Crippen LogP contribution in [0.3, 0.4) is 0 Å². The van der Waals surface area contributed by atoms with Crippen LogP contribution in [0.25, 0.3) is 33.0 Å². The number of hydrogen-bond donors (Lipinski definition) is 20. The molecule has 0 amide bonds. The second-order valence-electron chi connectivity index (χ2n) is 20.4. The minimum absolute atomic E-state index is 0.130. The van der Waals surface area contributed by atoms with Crippen molar-refractivity contribution in [1.82, 2.24) is 0 Å². The first-order valence-corrected chi connectivity index (χ1v) is 25.7. The maximum Gasteiger partial charge on any atom is 0.339 e. The van der Waals surface area contributed by atoms with E-state index in [1.54, 1.807) is 0 Å². The van der Waals surface area contributed by atoms with E-state index < -0.39 is 263 Å². The van der Waals surface area contributed by atoms with E-state index in [0.29, 0.717) is 30.3 Å². The number of hydrogen-bond acceptors (Lipinski definition) is 32. The first-order valence-electron chi connectivity index (χ1n) is 25.7. The molecule has 0 aromatic heterocycles. The van der Waals surface area contributed by atoms with Gasteiger partial charge in [-0.15, -0.1) is 0 Å². The second kappa shape index (κ2) is 21.5. The van der Waals surface area contributed by atoms with Crippen molar-refractivity contribution in [2.75, 3.05) is 13.2 Å². The molecule has 4 aliphatic rings. The van der Waals surface area contributed by atoms with Crippen LogP contribution in [0.4, 0.5) is 0 Å². The Labute approximate surface area is 492 Å². The Kier molecular flexibility index (Phi) is 14.3. The number of cyclic esters (lactones) is 3. The van der Waals surface area contributed by atoms with E-state index in [1.807, 2.05) is 0 Å². The smallest absolute Gasteiger partial charge is 0.339 e. The van der Waals surface area contributed by atoms with Gasteiger partial charge in [0.15, 0.2) is 87.7 Å². The van der Waals surface area contributed by atoms with Crippen LogP contribution in [-0.4, -0.2) is 200 Å². The van der Waals surface area contributed by atoms with Crippen molar-refractivity contribution < 1.29 is 159 Å². The number of carbonyl (C=O) groups excluding carboxylic acids is 5. The molecule has 1 fully saturated rings. The summed E-state index contributed by atoms with van der Waals surface area (Å²) in [6, 6.07) is 8.05. The van der Waals surface area contributed by atoms with Crippen LogP contribution in [0.2, 0.25) is 0 Å². The van der Waals surface area contributed by atoms with Crippen molar-refractivity contribution in [3.05, 3.63) is 99.6 Å². The second-order valence-corrected chi connectivity index (χ2v) is 20.4. The fraction of sp³-hybridized carbons (Fsp3) is 0.211. The molecule has 32 nitrogen and oxygen atoms in total. The molecule has 32 heteroatoms. The van der Waals surface area contributed by atoms with E-state index in [2.05, 4.69) is 0 Å². The van der Waals surface area contributed by atoms with Crippen LogP contribution < -0.4 is 4.74 Å². The number of benzene rings is 7. The lowest BCUT2D eigenvalue weighted by molar-refractivity contribution is -0.277. The molecule has 2 bridgehead atoms. The number of fused-ring (bicyclic) bond motifs is 8. The predicted molar refractivity (Wildman–Crippen MR) is 284 cm³/mol. The standard InChI is InChI=1S/C57H44O32/c58-11-26-40(69)46(75)48(77)57(86-26)85-25-10-16(35(64)15-4-2-1-3-14(15)25)31-33-34-32(44(73)47(76)45(33)74)30-19(9-24(63)39(68)43(30)72)55(81)89-51(50(31)88-56(34)82)49-27(84-52(78)13-5-20(59)36(65)21(60)6-13)12-83-53(79)17-7-22(61)37(66)41(70)28(17)29-18(54(80)87-49)8-23(62)38(67)42(29)71/h1-10,26-27,31,40,46,48-51,57-77H,11-12H2. The van der Waals surface area contributed by atoms with Crippen molar-refractivity contribution in [3.8, 4) is 120 Å². The summed E-state index contributed by atoms with van der Waals surface area (Å²) in [5, 5.41) is 222. The van der Waals surface area contributed by atoms with Gasteiger partial charge in [0.1, 0.15) is 42.5 Å². The average molecular weight is 1240 g/mol. The molecular weight excluding hydrogens is 1200 g/mol. The van der Waals surface area contributed by atoms with Gasteiger partial charge in [-0.3, -0.25) is 0 Å². The van der Waals surface area contributed by atoms with E-state index in [1.165, 1.54) is 24.3 Å². The van der Waals surface area contributed by atoms with E-state index in [9.17, 15) is 112 Å². The molecule has 0 saturated carbocycles. The summed E-state index contributed by atoms with van der Waals surface area (Å²) in [6.07, 6.45) is -21.3. The maximum atomic E-state index is 15.4. The average Bonchev–Trinajstić information content (AvgIpc) is 0.890. The van der Waals surface area contributed by atoms with E-state index in [-0.39, 0.29) is 10.8 Å². The summed E-state index contributed by atoms with van der Waals surface area (Å²) in [4.78, 5) is 74.8. The molecule has 10 atom stereocenters. The van der Waals surface area contributed by atoms with E-state index in [0.717, 1.165) is 6.07 Å². The Balaban J connectivity index is 1.24. The molecule has 0 aliphatic carbocycles. The summed E-state index contributed by atoms with van der Waals surface area (Å²) in [6.45, 7) is -2.60. The first kappa shape index (κ1) is 59.3. The summed E-state index contributed by atoms with van der Waals surface area (Å²) in [7, 11) is 0. The number of phenolic OH excluding ortho intramolecular Hbond substituents is 16. The highest BCUT2D eigenvalue weighted by Gasteiger charge is 2.56. The molecule has 7 aromatic rings. The van der Waals surface area contributed by atoms with Crippen molar-refractivity contribution >= 4 is 40.6 Å². The minimum Gasteiger partial charge on any atom is -0.507 e. The lowest BCUT2D eigenvalue weighted by atomic mass is 9.74. The zero-order valence-electron chi connectivity index (χ0n) is 44.3. The Morgan fingerprint density at radius 1 is 0.472 bits per heavy atom. The molecule has 0 spiro atoms. The summed E-state index contributed by atoms with van der Waals surface area (Å²) in [5.41, 5.74) is -12.4. The molecule has 89 heavy (non-hydrogen) atoms. The van der Waals surface area contributed by atoms with Crippen LogP contribution in [-0.2, 0) is 28.4 Å². The number of ether oxygens (including phenoxy) is 7. The molecule has 464 valence electrons. The van der Waals surface area contributed by atoms with Crippen molar-refractivity contribution in [2.24, 2.45) is 0 Å². The van der Waals surface area contributed by atoms with E-state index in [4.69, 9.17) is 33.2 Å². The Morgan fingerprint density at radius 3 is 1.51 bits per heavy atom. The van der Waals surface area contributed by atoms with Gasteiger partial charge in [0.25, 0.3) is 0 Å². The molecule has 20 N–H and O–H groups in total. The van der Waals surface area contributed by atoms with Gasteiger partial charge in [0.2, 0.25) is 29.3 Å². The largest absolute Gasteiger partial charge is 0.507 e. The summed E-state index contributed by atoms with van der Waals surface area (Å²) >= 11 is 0. The number of carbonyl (C=O) groups is 5. The molecule has 4 heterocycles. The lowest BCUT2D eigenvalue weighted by Crippen LogP contribution is -2.60. The van der Waals surface area contributed by atoms with E-state index >= 15 is 14.4 Å². The van der Waals surface area contributed by atoms with Gasteiger partial charge < -0.3 is 135 Å². The Bertz CT molecular complexity index is 4210. The van der Waals surface area contributed by atoms with Crippen molar-refractivity contribution in [2.45, 2.75) is 61.0 Å². The Hall–Kier alpha value is -11.5. The minimum atomic E-state index is -2.98. The third-order valence-corrected chi connectivity index (χ3v) is 15.3. The number of esters is 5. The van der Waals surface area contributed by atoms with Gasteiger partial charge in [0.05, 0.1) is 40.3 Å². The lowest BCUT2D eigenvalue weighted by Gasteiger charge is -2.43. The summed E-state index contributed by atoms with van der Waals surface area (Å²) in [5.74, 6) is -35.0. The monoisotopic (exact) mass is 1240 g/mol. The van der Waals surface area contributed by atoms with Crippen LogP contribution in [0, 0.1) is 0 Å². The van der Waals surface area contributed by atoms with Gasteiger partial charge in [-0.25, -0.2) is 24.0 Å². The number of aromatic hydroxyl groups is 16. The van der Waals surface area contributed by atoms with Crippen LogP contribution in [0.5, 0.6) is 97.7 Å². The Morgan fingerprint density at radius 2 is 0.955 bits per heavy atom. The quantitative estimate of drug-likeness (QED) is 0.0610. The molecule has 0 radical (unpaired) electrons. The van der Waals surface area contributed by atoms with Gasteiger partial charge >= 0.3 is 29.8 Å². The van der Waals surface area contributed by atoms with Gasteiger partial charge in [-0.1, -0.05) is 24.3 Å². The fourth-order valence-corrected chi connectivity index (χ4v) is 11.0. The van der Waals surface area contributed by atoms with Crippen molar-refractivity contribution in [1.29, 1.82) is 0 Å². The summed E-state index contributed by atoms with van der Waals surface area (Å²) < 4.78 is 41.1. The van der Waals surface area contributed by atoms with Crippen LogP contribution in [0.15, 0.2) is 60.7 Å². The van der Waals surface area contributed by atoms with Gasteiger partial charge in [0, 0.05) is 44.2 Å². The van der Waals surface area contributed by atoms with Crippen LogP contribution >= 0.6 is 0 Å². The zero-order chi connectivity index (χ0) is 64.4. The number of rotatable bonds is 7. The molecular formula is C57H44O32. The molecule has 7 aromatic carbocycles. The third kappa shape index (κ3) is 9.24. The van der Waals surface area contributed by atoms with Gasteiger partial charge in [-0.2, -0.15) is 0 Å². The highest BCUT2D eigenvalue weighted by Crippen LogP contribution is 2.61. The number of aliphatic hydroxyl groups excluding tert-OH is 4.